The van der Waals surface area contributed by atoms with E-state index in [1.807, 2.05) is 13.8 Å². The van der Waals surface area contributed by atoms with Crippen LogP contribution in [0.5, 0.6) is 0 Å². The number of carbonyl (C=O) groups is 2. The second-order valence-electron chi connectivity index (χ2n) is 6.48. The first-order chi connectivity index (χ1) is 9.45. The second-order valence-corrected chi connectivity index (χ2v) is 6.48. The number of carboxylic acid groups (broad SMARTS) is 1. The summed E-state index contributed by atoms with van der Waals surface area (Å²) >= 11 is 0. The number of hydrogen-bond acceptors (Lipinski definition) is 3. The molecule has 1 amide bonds. The van der Waals surface area contributed by atoms with Crippen LogP contribution >= 0.6 is 0 Å². The summed E-state index contributed by atoms with van der Waals surface area (Å²) in [5, 5.41) is 9.49. The Kier molecular flexibility index (Phi) is 4.68. The molecule has 5 heteroatoms. The maximum absolute atomic E-state index is 12.2. The molecule has 2 aliphatic heterocycles. The van der Waals surface area contributed by atoms with Crippen LogP contribution in [0.1, 0.15) is 39.5 Å². The van der Waals surface area contributed by atoms with Crippen molar-refractivity contribution in [2.45, 2.75) is 39.5 Å². The first kappa shape index (κ1) is 15.3. The lowest BCUT2D eigenvalue weighted by atomic mass is 9.76. The van der Waals surface area contributed by atoms with Gasteiger partial charge in [-0.25, -0.2) is 0 Å². The molecule has 2 rings (SSSR count). The van der Waals surface area contributed by atoms with E-state index in [-0.39, 0.29) is 11.8 Å². The van der Waals surface area contributed by atoms with E-state index >= 15 is 0 Å². The smallest absolute Gasteiger partial charge is 0.311 e. The number of amides is 1. The number of aliphatic carboxylic acids is 1. The highest BCUT2D eigenvalue weighted by Gasteiger charge is 2.48. The number of rotatable bonds is 5. The van der Waals surface area contributed by atoms with Gasteiger partial charge in [-0.05, 0) is 38.3 Å². The highest BCUT2D eigenvalue weighted by atomic mass is 16.4. The van der Waals surface area contributed by atoms with Gasteiger partial charge in [-0.1, -0.05) is 13.8 Å². The first-order valence-electron chi connectivity index (χ1n) is 7.69. The molecule has 0 aromatic heterocycles. The SMILES string of the molecule is CC(C)C1(C(=O)O)CCN(C(=O)CCN2CCCC2)C1. The molecule has 0 radical (unpaired) electrons. The number of carbonyl (C=O) groups excluding carboxylic acids is 1. The molecule has 5 nitrogen and oxygen atoms in total. The fourth-order valence-electron chi connectivity index (χ4n) is 3.36. The monoisotopic (exact) mass is 282 g/mol. The first-order valence-corrected chi connectivity index (χ1v) is 7.69. The van der Waals surface area contributed by atoms with Crippen LogP contribution in [0, 0.1) is 11.3 Å². The van der Waals surface area contributed by atoms with Gasteiger partial charge in [-0.3, -0.25) is 9.59 Å². The van der Waals surface area contributed by atoms with Gasteiger partial charge in [0, 0.05) is 26.1 Å². The number of likely N-dealkylation sites (tertiary alicyclic amines) is 2. The minimum Gasteiger partial charge on any atom is -0.481 e. The Bertz CT molecular complexity index is 377. The van der Waals surface area contributed by atoms with Crippen LogP contribution in [0.15, 0.2) is 0 Å². The normalized spacial score (nSPS) is 27.4. The molecule has 0 aromatic carbocycles. The standard InChI is InChI=1S/C15H26N2O3/c1-12(2)15(14(19)20)6-10-17(11-15)13(18)5-9-16-7-3-4-8-16/h12H,3-11H2,1-2H3,(H,19,20). The van der Waals surface area contributed by atoms with Gasteiger partial charge in [0.05, 0.1) is 5.41 Å². The molecular weight excluding hydrogens is 256 g/mol. The topological polar surface area (TPSA) is 60.9 Å². The van der Waals surface area contributed by atoms with E-state index in [1.165, 1.54) is 12.8 Å². The largest absolute Gasteiger partial charge is 0.481 e. The molecule has 2 fully saturated rings. The van der Waals surface area contributed by atoms with Crippen molar-refractivity contribution in [3.8, 4) is 0 Å². The van der Waals surface area contributed by atoms with Crippen LogP contribution in [-0.4, -0.2) is 59.5 Å². The highest BCUT2D eigenvalue weighted by Crippen LogP contribution is 2.38. The lowest BCUT2D eigenvalue weighted by Gasteiger charge is -2.28. The van der Waals surface area contributed by atoms with Gasteiger partial charge in [0.15, 0.2) is 0 Å². The molecule has 0 aromatic rings. The summed E-state index contributed by atoms with van der Waals surface area (Å²) in [6, 6.07) is 0. The summed E-state index contributed by atoms with van der Waals surface area (Å²) in [4.78, 5) is 27.9. The minimum absolute atomic E-state index is 0.0522. The van der Waals surface area contributed by atoms with Gasteiger partial charge in [0.2, 0.25) is 5.91 Å². The average molecular weight is 282 g/mol. The summed E-state index contributed by atoms with van der Waals surface area (Å²) < 4.78 is 0. The Hall–Kier alpha value is -1.10. The summed E-state index contributed by atoms with van der Waals surface area (Å²) in [6.07, 6.45) is 3.56. The van der Waals surface area contributed by atoms with E-state index < -0.39 is 11.4 Å². The van der Waals surface area contributed by atoms with Crippen LogP contribution < -0.4 is 0 Å². The predicted molar refractivity (Wildman–Crippen MR) is 76.4 cm³/mol. The summed E-state index contributed by atoms with van der Waals surface area (Å²) in [6.45, 7) is 7.84. The maximum Gasteiger partial charge on any atom is 0.311 e. The van der Waals surface area contributed by atoms with E-state index in [2.05, 4.69) is 4.90 Å². The van der Waals surface area contributed by atoms with Gasteiger partial charge in [0.1, 0.15) is 0 Å². The third-order valence-corrected chi connectivity index (χ3v) is 5.03. The minimum atomic E-state index is -0.762. The van der Waals surface area contributed by atoms with Crippen molar-refractivity contribution in [3.05, 3.63) is 0 Å². The van der Waals surface area contributed by atoms with E-state index in [4.69, 9.17) is 0 Å². The van der Waals surface area contributed by atoms with Crippen molar-refractivity contribution >= 4 is 11.9 Å². The quantitative estimate of drug-likeness (QED) is 0.828. The van der Waals surface area contributed by atoms with Gasteiger partial charge in [0.25, 0.3) is 0 Å². The van der Waals surface area contributed by atoms with E-state index in [0.717, 1.165) is 19.6 Å². The van der Waals surface area contributed by atoms with Crippen LogP contribution in [0.25, 0.3) is 0 Å². The van der Waals surface area contributed by atoms with Crippen molar-refractivity contribution < 1.29 is 14.7 Å². The zero-order valence-electron chi connectivity index (χ0n) is 12.6. The van der Waals surface area contributed by atoms with Crippen LogP contribution in [0.2, 0.25) is 0 Å². The fraction of sp³-hybridized carbons (Fsp3) is 0.867. The van der Waals surface area contributed by atoms with Gasteiger partial charge < -0.3 is 14.9 Å². The zero-order valence-corrected chi connectivity index (χ0v) is 12.6. The molecule has 2 saturated heterocycles. The van der Waals surface area contributed by atoms with E-state index in [0.29, 0.717) is 25.9 Å². The van der Waals surface area contributed by atoms with E-state index in [1.54, 1.807) is 4.90 Å². The Morgan fingerprint density at radius 1 is 1.20 bits per heavy atom. The third-order valence-electron chi connectivity index (χ3n) is 5.03. The molecule has 20 heavy (non-hydrogen) atoms. The Balaban J connectivity index is 1.87. The van der Waals surface area contributed by atoms with E-state index in [9.17, 15) is 14.7 Å². The number of carboxylic acids is 1. The second kappa shape index (κ2) is 6.12. The molecule has 0 bridgehead atoms. The Labute approximate surface area is 120 Å². The molecule has 1 unspecified atom stereocenters. The van der Waals surface area contributed by atoms with Crippen LogP contribution in [0.4, 0.5) is 0 Å². The zero-order chi connectivity index (χ0) is 14.8. The molecule has 0 spiro atoms. The van der Waals surface area contributed by atoms with Crippen LogP contribution in [0.3, 0.4) is 0 Å². The molecule has 0 aliphatic carbocycles. The summed E-state index contributed by atoms with van der Waals surface area (Å²) in [5.41, 5.74) is -0.747. The summed E-state index contributed by atoms with van der Waals surface area (Å²) in [5.74, 6) is -0.598. The van der Waals surface area contributed by atoms with Crippen molar-refractivity contribution in [2.75, 3.05) is 32.7 Å². The van der Waals surface area contributed by atoms with Gasteiger partial charge in [-0.2, -0.15) is 0 Å². The van der Waals surface area contributed by atoms with Gasteiger partial charge in [-0.15, -0.1) is 0 Å². The van der Waals surface area contributed by atoms with Crippen LogP contribution in [-0.2, 0) is 9.59 Å². The lowest BCUT2D eigenvalue weighted by Crippen LogP contribution is -2.41. The number of nitrogens with zero attached hydrogens (tertiary/aromatic N) is 2. The van der Waals surface area contributed by atoms with Gasteiger partial charge >= 0.3 is 5.97 Å². The Morgan fingerprint density at radius 2 is 1.85 bits per heavy atom. The molecule has 0 saturated carbocycles. The van der Waals surface area contributed by atoms with Crippen molar-refractivity contribution in [1.29, 1.82) is 0 Å². The number of hydrogen-bond donors (Lipinski definition) is 1. The van der Waals surface area contributed by atoms with Crippen molar-refractivity contribution in [3.63, 3.8) is 0 Å². The lowest BCUT2D eigenvalue weighted by molar-refractivity contribution is -0.151. The molecule has 114 valence electrons. The summed E-state index contributed by atoms with van der Waals surface area (Å²) in [7, 11) is 0. The maximum atomic E-state index is 12.2. The predicted octanol–water partition coefficient (Wildman–Crippen LogP) is 1.43. The molecule has 2 aliphatic rings. The molecule has 1 atom stereocenters. The highest BCUT2D eigenvalue weighted by molar-refractivity contribution is 5.81. The fourth-order valence-corrected chi connectivity index (χ4v) is 3.36. The Morgan fingerprint density at radius 3 is 2.35 bits per heavy atom. The average Bonchev–Trinajstić information content (AvgIpc) is 3.05. The molecule has 2 heterocycles. The molecule has 1 N–H and O–H groups in total. The molecular formula is C15H26N2O3. The van der Waals surface area contributed by atoms with Crippen molar-refractivity contribution in [1.82, 2.24) is 9.80 Å². The third kappa shape index (κ3) is 2.97. The van der Waals surface area contributed by atoms with Crippen molar-refractivity contribution in [2.24, 2.45) is 11.3 Å².